The van der Waals surface area contributed by atoms with E-state index in [2.05, 4.69) is 0 Å². The third-order valence-corrected chi connectivity index (χ3v) is 4.56. The Labute approximate surface area is 147 Å². The Morgan fingerprint density at radius 1 is 1.12 bits per heavy atom. The van der Waals surface area contributed by atoms with Crippen molar-refractivity contribution in [2.24, 2.45) is 0 Å². The van der Waals surface area contributed by atoms with Crippen molar-refractivity contribution in [1.29, 1.82) is 0 Å². The molecule has 1 aliphatic heterocycles. The zero-order valence-corrected chi connectivity index (χ0v) is 14.6. The number of ketones is 1. The maximum atomic E-state index is 14.2. The quantitative estimate of drug-likeness (QED) is 0.784. The van der Waals surface area contributed by atoms with Crippen LogP contribution in [-0.2, 0) is 26.4 Å². The molecule has 3 rings (SSSR count). The van der Waals surface area contributed by atoms with Crippen LogP contribution < -0.4 is 0 Å². The molecule has 0 aliphatic carbocycles. The number of ether oxygens (including phenoxy) is 1. The summed E-state index contributed by atoms with van der Waals surface area (Å²) in [5.41, 5.74) is 0.508. The Morgan fingerprint density at radius 2 is 1.80 bits per heavy atom. The van der Waals surface area contributed by atoms with Gasteiger partial charge in [-0.15, -0.1) is 0 Å². The molecular weight excluding hydrogens is 343 g/mol. The monoisotopic (exact) mass is 359 g/mol. The fourth-order valence-electron chi connectivity index (χ4n) is 2.76. The van der Waals surface area contributed by atoms with E-state index in [1.54, 1.807) is 32.0 Å². The van der Waals surface area contributed by atoms with Crippen LogP contribution in [-0.4, -0.2) is 20.1 Å². The summed E-state index contributed by atoms with van der Waals surface area (Å²) in [5.74, 6) is -0.932. The second kappa shape index (κ2) is 6.54. The Kier molecular flexibility index (Phi) is 4.58. The van der Waals surface area contributed by atoms with Gasteiger partial charge in [0, 0.05) is 11.3 Å². The van der Waals surface area contributed by atoms with Gasteiger partial charge in [-0.3, -0.25) is 9.00 Å². The van der Waals surface area contributed by atoms with E-state index in [1.807, 2.05) is 18.2 Å². The van der Waals surface area contributed by atoms with E-state index in [4.69, 9.17) is 4.74 Å². The summed E-state index contributed by atoms with van der Waals surface area (Å²) in [5, 5.41) is 0. The number of hydrogen-bond donors (Lipinski definition) is 0. The van der Waals surface area contributed by atoms with E-state index < -0.39 is 28.3 Å². The zero-order chi connectivity index (χ0) is 18.2. The summed E-state index contributed by atoms with van der Waals surface area (Å²) in [6.45, 7) is 3.33. The molecule has 4 nitrogen and oxygen atoms in total. The number of carbonyl (C=O) groups excluding carboxylic acids is 1. The highest BCUT2D eigenvalue weighted by Gasteiger charge is 2.42. The standard InChI is InChI=1S/C19H17FO4S/c1-19(2)18(21)16(12-6-4-3-5-7-12)17(24-19)13-8-9-14(11-25(22)23)15(20)10-13/h3-10H,11H2,1-2H3,(H,22,23)/p-1. The van der Waals surface area contributed by atoms with Gasteiger partial charge in [0.05, 0.1) is 5.57 Å². The zero-order valence-electron chi connectivity index (χ0n) is 13.7. The number of hydrogen-bond acceptors (Lipinski definition) is 4. The lowest BCUT2D eigenvalue weighted by atomic mass is 9.92. The summed E-state index contributed by atoms with van der Waals surface area (Å²) < 4.78 is 41.6. The van der Waals surface area contributed by atoms with Crippen LogP contribution >= 0.6 is 0 Å². The third-order valence-electron chi connectivity index (χ3n) is 4.01. The van der Waals surface area contributed by atoms with Gasteiger partial charge in [-0.1, -0.05) is 53.5 Å². The molecule has 1 heterocycles. The summed E-state index contributed by atoms with van der Waals surface area (Å²) in [6.07, 6.45) is 0. The van der Waals surface area contributed by atoms with E-state index in [-0.39, 0.29) is 11.3 Å². The molecule has 0 fully saturated rings. The SMILES string of the molecule is CC1(C)OC(c2ccc(CS(=O)[O-])c(F)c2)=C(c2ccccc2)C1=O. The second-order valence-corrected chi connectivity index (χ2v) is 7.16. The lowest BCUT2D eigenvalue weighted by Crippen LogP contribution is -2.29. The summed E-state index contributed by atoms with van der Waals surface area (Å²) in [6, 6.07) is 13.2. The molecule has 25 heavy (non-hydrogen) atoms. The molecule has 1 unspecified atom stereocenters. The maximum absolute atomic E-state index is 14.2. The number of benzene rings is 2. The third kappa shape index (κ3) is 3.41. The fraction of sp³-hybridized carbons (Fsp3) is 0.211. The van der Waals surface area contributed by atoms with Gasteiger partial charge in [0.15, 0.2) is 5.60 Å². The topological polar surface area (TPSA) is 66.4 Å². The summed E-state index contributed by atoms with van der Waals surface area (Å²) in [7, 11) is 0. The number of rotatable bonds is 4. The molecular formula is C19H16FO4S-. The molecule has 0 saturated heterocycles. The molecule has 0 bridgehead atoms. The number of halogens is 1. The predicted molar refractivity (Wildman–Crippen MR) is 92.5 cm³/mol. The molecule has 0 N–H and O–H groups in total. The summed E-state index contributed by atoms with van der Waals surface area (Å²) >= 11 is -2.38. The van der Waals surface area contributed by atoms with Gasteiger partial charge in [-0.05, 0) is 31.0 Å². The van der Waals surface area contributed by atoms with Gasteiger partial charge >= 0.3 is 0 Å². The lowest BCUT2D eigenvalue weighted by Gasteiger charge is -2.18. The van der Waals surface area contributed by atoms with Crippen LogP contribution in [0.5, 0.6) is 0 Å². The fourth-order valence-corrected chi connectivity index (χ4v) is 3.25. The lowest BCUT2D eigenvalue weighted by molar-refractivity contribution is -0.125. The molecule has 0 saturated carbocycles. The van der Waals surface area contributed by atoms with Crippen molar-refractivity contribution in [1.82, 2.24) is 0 Å². The van der Waals surface area contributed by atoms with Crippen LogP contribution in [0.2, 0.25) is 0 Å². The van der Waals surface area contributed by atoms with Gasteiger partial charge in [0.25, 0.3) is 0 Å². The average molecular weight is 359 g/mol. The highest BCUT2D eigenvalue weighted by atomic mass is 32.2. The highest BCUT2D eigenvalue weighted by Crippen LogP contribution is 2.41. The van der Waals surface area contributed by atoms with Crippen molar-refractivity contribution in [2.45, 2.75) is 25.2 Å². The van der Waals surface area contributed by atoms with Crippen molar-refractivity contribution in [2.75, 3.05) is 0 Å². The Morgan fingerprint density at radius 3 is 2.40 bits per heavy atom. The Bertz CT molecular complexity index is 888. The largest absolute Gasteiger partial charge is 0.772 e. The predicted octanol–water partition coefficient (Wildman–Crippen LogP) is 3.45. The normalized spacial score (nSPS) is 17.5. The van der Waals surface area contributed by atoms with Crippen LogP contribution in [0.3, 0.4) is 0 Å². The number of carbonyl (C=O) groups is 1. The maximum Gasteiger partial charge on any atom is 0.210 e. The van der Waals surface area contributed by atoms with Crippen molar-refractivity contribution in [3.8, 4) is 0 Å². The minimum absolute atomic E-state index is 0.0718. The van der Waals surface area contributed by atoms with Gasteiger partial charge in [0.2, 0.25) is 5.78 Å². The molecule has 130 valence electrons. The van der Waals surface area contributed by atoms with Gasteiger partial charge in [0.1, 0.15) is 11.6 Å². The van der Waals surface area contributed by atoms with E-state index in [0.717, 1.165) is 0 Å². The van der Waals surface area contributed by atoms with E-state index in [9.17, 15) is 17.9 Å². The van der Waals surface area contributed by atoms with E-state index in [0.29, 0.717) is 22.5 Å². The first kappa shape index (κ1) is 17.5. The Balaban J connectivity index is 2.12. The van der Waals surface area contributed by atoms with E-state index in [1.165, 1.54) is 12.1 Å². The van der Waals surface area contributed by atoms with Crippen LogP contribution in [0.4, 0.5) is 4.39 Å². The molecule has 2 aromatic carbocycles. The number of Topliss-reactive ketones (excluding diaryl/α,β-unsaturated/α-hetero) is 1. The first-order chi connectivity index (χ1) is 11.8. The average Bonchev–Trinajstić information content (AvgIpc) is 2.80. The van der Waals surface area contributed by atoms with Crippen molar-refractivity contribution in [3.63, 3.8) is 0 Å². The molecule has 0 radical (unpaired) electrons. The second-order valence-electron chi connectivity index (χ2n) is 6.27. The van der Waals surface area contributed by atoms with Crippen molar-refractivity contribution < 1.29 is 22.7 Å². The molecule has 2 aromatic rings. The van der Waals surface area contributed by atoms with Gasteiger partial charge in [-0.2, -0.15) is 0 Å². The minimum Gasteiger partial charge on any atom is -0.772 e. The molecule has 0 spiro atoms. The Hall–Kier alpha value is -2.31. The smallest absolute Gasteiger partial charge is 0.210 e. The van der Waals surface area contributed by atoms with E-state index >= 15 is 0 Å². The van der Waals surface area contributed by atoms with Crippen molar-refractivity contribution >= 4 is 28.2 Å². The van der Waals surface area contributed by atoms with Gasteiger partial charge < -0.3 is 9.29 Å². The molecule has 6 heteroatoms. The molecule has 0 aromatic heterocycles. The minimum atomic E-state index is -2.38. The van der Waals surface area contributed by atoms with Crippen LogP contribution in [0.1, 0.15) is 30.5 Å². The first-order valence-corrected chi connectivity index (χ1v) is 8.92. The van der Waals surface area contributed by atoms with Gasteiger partial charge in [-0.25, -0.2) is 4.39 Å². The van der Waals surface area contributed by atoms with Crippen molar-refractivity contribution in [3.05, 3.63) is 71.0 Å². The molecule has 1 atom stereocenters. The first-order valence-electron chi connectivity index (χ1n) is 7.68. The highest BCUT2D eigenvalue weighted by molar-refractivity contribution is 7.78. The summed E-state index contributed by atoms with van der Waals surface area (Å²) in [4.78, 5) is 12.8. The van der Waals surface area contributed by atoms with Crippen LogP contribution in [0.15, 0.2) is 48.5 Å². The van der Waals surface area contributed by atoms with Crippen LogP contribution in [0.25, 0.3) is 11.3 Å². The molecule has 0 amide bonds. The van der Waals surface area contributed by atoms with Crippen LogP contribution in [0, 0.1) is 5.82 Å². The molecule has 1 aliphatic rings.